The molecule has 4 atom stereocenters. The van der Waals surface area contributed by atoms with E-state index < -0.39 is 0 Å². The van der Waals surface area contributed by atoms with Crippen LogP contribution in [-0.4, -0.2) is 60.2 Å². The second-order valence-electron chi connectivity index (χ2n) is 8.78. The van der Waals surface area contributed by atoms with Crippen LogP contribution in [0.5, 0.6) is 0 Å². The van der Waals surface area contributed by atoms with Crippen LogP contribution < -0.4 is 4.90 Å². The summed E-state index contributed by atoms with van der Waals surface area (Å²) in [4.78, 5) is 43.4. The van der Waals surface area contributed by atoms with Crippen LogP contribution in [0.4, 0.5) is 10.1 Å². The van der Waals surface area contributed by atoms with Gasteiger partial charge in [-0.3, -0.25) is 19.3 Å². The van der Waals surface area contributed by atoms with Crippen molar-refractivity contribution in [1.29, 1.82) is 0 Å². The molecular formula is C23H26FN3O3. The molecule has 2 aliphatic carbocycles. The Morgan fingerprint density at radius 2 is 1.53 bits per heavy atom. The number of anilines is 1. The van der Waals surface area contributed by atoms with E-state index in [0.29, 0.717) is 45.6 Å². The van der Waals surface area contributed by atoms with E-state index in [2.05, 4.69) is 17.1 Å². The maximum absolute atomic E-state index is 13.1. The third-order valence-corrected chi connectivity index (χ3v) is 7.16. The van der Waals surface area contributed by atoms with Gasteiger partial charge in [-0.15, -0.1) is 0 Å². The highest BCUT2D eigenvalue weighted by Crippen LogP contribution is 2.52. The van der Waals surface area contributed by atoms with Gasteiger partial charge < -0.3 is 9.80 Å². The van der Waals surface area contributed by atoms with Crippen LogP contribution in [0.25, 0.3) is 0 Å². The van der Waals surface area contributed by atoms with Crippen LogP contribution in [0.3, 0.4) is 0 Å². The predicted octanol–water partition coefficient (Wildman–Crippen LogP) is 2.06. The van der Waals surface area contributed by atoms with Crippen molar-refractivity contribution >= 4 is 23.4 Å². The van der Waals surface area contributed by atoms with Gasteiger partial charge >= 0.3 is 0 Å². The largest absolute Gasteiger partial charge is 0.368 e. The number of carbonyl (C=O) groups excluding carboxylic acids is 3. The van der Waals surface area contributed by atoms with Crippen LogP contribution in [0, 0.1) is 29.5 Å². The van der Waals surface area contributed by atoms with E-state index >= 15 is 0 Å². The van der Waals surface area contributed by atoms with Gasteiger partial charge in [0.05, 0.1) is 11.8 Å². The molecule has 1 aromatic rings. The zero-order valence-electron chi connectivity index (χ0n) is 16.9. The molecule has 0 N–H and O–H groups in total. The van der Waals surface area contributed by atoms with Crippen molar-refractivity contribution in [1.82, 2.24) is 9.80 Å². The third-order valence-electron chi connectivity index (χ3n) is 7.16. The maximum atomic E-state index is 13.1. The lowest BCUT2D eigenvalue weighted by atomic mass is 9.85. The van der Waals surface area contributed by atoms with E-state index in [1.165, 1.54) is 17.0 Å². The highest BCUT2D eigenvalue weighted by atomic mass is 19.1. The van der Waals surface area contributed by atoms with E-state index in [4.69, 9.17) is 0 Å². The average Bonchev–Trinajstić information content (AvgIpc) is 3.44. The van der Waals surface area contributed by atoms with Gasteiger partial charge in [0.15, 0.2) is 0 Å². The summed E-state index contributed by atoms with van der Waals surface area (Å²) in [6.45, 7) is 3.00. The second kappa shape index (κ2) is 7.52. The molecule has 1 aromatic carbocycles. The number of rotatable bonds is 5. The standard InChI is InChI=1S/C23H26FN3O3/c24-17-5-7-18(8-6-17)25-10-12-26(13-11-25)19(28)2-1-9-27-22(29)20-15-3-4-16(14-15)21(20)23(27)30/h3-8,15-16,20-21H,1-2,9-14H2/t15-,16-,20-,21+/m0/s1. The number of imide groups is 1. The number of halogens is 1. The fourth-order valence-electron chi connectivity index (χ4n) is 5.60. The van der Waals surface area contributed by atoms with Crippen molar-refractivity contribution < 1.29 is 18.8 Å². The van der Waals surface area contributed by atoms with Crippen molar-refractivity contribution in [3.63, 3.8) is 0 Å². The number of hydrogen-bond donors (Lipinski definition) is 0. The minimum atomic E-state index is -0.255. The fourth-order valence-corrected chi connectivity index (χ4v) is 5.60. The Kier molecular flexibility index (Phi) is 4.83. The molecular weight excluding hydrogens is 385 g/mol. The van der Waals surface area contributed by atoms with Crippen LogP contribution in [0.1, 0.15) is 19.3 Å². The second-order valence-corrected chi connectivity index (χ2v) is 8.78. The van der Waals surface area contributed by atoms with Gasteiger partial charge in [-0.1, -0.05) is 12.2 Å². The minimum absolute atomic E-state index is 0.0396. The normalized spacial score (nSPS) is 29.8. The van der Waals surface area contributed by atoms with E-state index in [1.54, 1.807) is 12.1 Å². The first-order chi connectivity index (χ1) is 14.5. The van der Waals surface area contributed by atoms with Gasteiger partial charge in [0.25, 0.3) is 0 Å². The summed E-state index contributed by atoms with van der Waals surface area (Å²) >= 11 is 0. The first-order valence-electron chi connectivity index (χ1n) is 10.8. The number of benzene rings is 1. The van der Waals surface area contributed by atoms with Crippen LogP contribution in [0.2, 0.25) is 0 Å². The average molecular weight is 411 g/mol. The van der Waals surface area contributed by atoms with Gasteiger partial charge in [-0.25, -0.2) is 4.39 Å². The third kappa shape index (κ3) is 3.20. The molecule has 0 aromatic heterocycles. The predicted molar refractivity (Wildman–Crippen MR) is 109 cm³/mol. The summed E-state index contributed by atoms with van der Waals surface area (Å²) in [7, 11) is 0. The Hall–Kier alpha value is -2.70. The summed E-state index contributed by atoms with van der Waals surface area (Å²) in [6.07, 6.45) is 5.97. The molecule has 2 heterocycles. The van der Waals surface area contributed by atoms with Crippen molar-refractivity contribution in [3.8, 4) is 0 Å². The molecule has 158 valence electrons. The Morgan fingerprint density at radius 1 is 0.933 bits per heavy atom. The lowest BCUT2D eigenvalue weighted by Gasteiger charge is -2.36. The summed E-state index contributed by atoms with van der Waals surface area (Å²) in [5, 5.41) is 0. The van der Waals surface area contributed by atoms with Crippen molar-refractivity contribution in [2.24, 2.45) is 23.7 Å². The molecule has 1 saturated carbocycles. The highest BCUT2D eigenvalue weighted by Gasteiger charge is 2.58. The molecule has 2 saturated heterocycles. The summed E-state index contributed by atoms with van der Waals surface area (Å²) in [5.74, 6) is -0.152. The van der Waals surface area contributed by atoms with Gasteiger partial charge in [-0.2, -0.15) is 0 Å². The molecule has 4 aliphatic rings. The van der Waals surface area contributed by atoms with Crippen molar-refractivity contribution in [2.45, 2.75) is 19.3 Å². The zero-order chi connectivity index (χ0) is 20.8. The summed E-state index contributed by atoms with van der Waals surface area (Å²) in [5.41, 5.74) is 0.962. The topological polar surface area (TPSA) is 60.9 Å². The monoisotopic (exact) mass is 411 g/mol. The first kappa shape index (κ1) is 19.3. The van der Waals surface area contributed by atoms with E-state index in [0.717, 1.165) is 12.1 Å². The number of hydrogen-bond acceptors (Lipinski definition) is 4. The van der Waals surface area contributed by atoms with E-state index in [1.807, 2.05) is 4.90 Å². The molecule has 0 radical (unpaired) electrons. The molecule has 0 unspecified atom stereocenters. The maximum Gasteiger partial charge on any atom is 0.233 e. The van der Waals surface area contributed by atoms with Crippen LogP contribution >= 0.6 is 0 Å². The lowest BCUT2D eigenvalue weighted by molar-refractivity contribution is -0.141. The number of fused-ring (bicyclic) bond motifs is 5. The number of carbonyl (C=O) groups is 3. The first-order valence-corrected chi connectivity index (χ1v) is 10.8. The van der Waals surface area contributed by atoms with Gasteiger partial charge in [0.2, 0.25) is 17.7 Å². The number of allylic oxidation sites excluding steroid dienone is 2. The minimum Gasteiger partial charge on any atom is -0.368 e. The van der Waals surface area contributed by atoms with Crippen LogP contribution in [-0.2, 0) is 14.4 Å². The number of nitrogens with zero attached hydrogens (tertiary/aromatic N) is 3. The molecule has 2 bridgehead atoms. The molecule has 30 heavy (non-hydrogen) atoms. The van der Waals surface area contributed by atoms with Crippen molar-refractivity contribution in [2.75, 3.05) is 37.6 Å². The zero-order valence-corrected chi connectivity index (χ0v) is 16.9. The van der Waals surface area contributed by atoms with Crippen molar-refractivity contribution in [3.05, 3.63) is 42.2 Å². The molecule has 2 aliphatic heterocycles. The quantitative estimate of drug-likeness (QED) is 0.550. The Balaban J connectivity index is 1.09. The summed E-state index contributed by atoms with van der Waals surface area (Å²) < 4.78 is 13.1. The molecule has 5 rings (SSSR count). The van der Waals surface area contributed by atoms with Gasteiger partial charge in [0, 0.05) is 44.8 Å². The molecule has 0 spiro atoms. The van der Waals surface area contributed by atoms with Gasteiger partial charge in [-0.05, 0) is 48.9 Å². The number of amides is 3. The summed E-state index contributed by atoms with van der Waals surface area (Å²) in [6, 6.07) is 6.41. The number of likely N-dealkylation sites (tertiary alicyclic amines) is 1. The fraction of sp³-hybridized carbons (Fsp3) is 0.522. The SMILES string of the molecule is O=C(CCCN1C(=O)[C@@H]2[C@H](C1=O)[C@H]1C=C[C@H]2C1)N1CCN(c2ccc(F)cc2)CC1. The Morgan fingerprint density at radius 3 is 2.13 bits per heavy atom. The smallest absolute Gasteiger partial charge is 0.233 e. The molecule has 6 nitrogen and oxygen atoms in total. The number of piperazine rings is 1. The van der Waals surface area contributed by atoms with E-state index in [-0.39, 0.29) is 47.2 Å². The van der Waals surface area contributed by atoms with Crippen LogP contribution in [0.15, 0.2) is 36.4 Å². The van der Waals surface area contributed by atoms with Gasteiger partial charge in [0.1, 0.15) is 5.82 Å². The Labute approximate surface area is 175 Å². The highest BCUT2D eigenvalue weighted by molar-refractivity contribution is 6.06. The Bertz CT molecular complexity index is 861. The molecule has 3 amide bonds. The van der Waals surface area contributed by atoms with E-state index in [9.17, 15) is 18.8 Å². The molecule has 7 heteroatoms. The lowest BCUT2D eigenvalue weighted by Crippen LogP contribution is -2.48. The molecule has 3 fully saturated rings.